The Hall–Kier alpha value is -0.505. The molecule has 0 unspecified atom stereocenters. The van der Waals surface area contributed by atoms with Gasteiger partial charge in [-0.15, -0.1) is 0 Å². The van der Waals surface area contributed by atoms with Crippen molar-refractivity contribution in [2.24, 2.45) is 0 Å². The summed E-state index contributed by atoms with van der Waals surface area (Å²) >= 11 is 0. The summed E-state index contributed by atoms with van der Waals surface area (Å²) in [5.74, 6) is -0.833. The van der Waals surface area contributed by atoms with Crippen molar-refractivity contribution in [3.05, 3.63) is 0 Å². The van der Waals surface area contributed by atoms with E-state index < -0.39 is 5.97 Å². The molecule has 0 saturated carbocycles. The molecular weight excluding hydrogens is 129 g/mol. The van der Waals surface area contributed by atoms with Gasteiger partial charge in [0.15, 0.2) is 0 Å². The van der Waals surface area contributed by atoms with Gasteiger partial charge in [0.25, 0.3) is 5.97 Å². The first kappa shape index (κ1) is 16.2. The number of carboxylic acids is 1. The van der Waals surface area contributed by atoms with Crippen molar-refractivity contribution in [3.63, 3.8) is 0 Å². The molecule has 0 bridgehead atoms. The van der Waals surface area contributed by atoms with Crippen LogP contribution in [-0.4, -0.2) is 52.2 Å². The lowest BCUT2D eigenvalue weighted by Gasteiger charge is -2.14. The lowest BCUT2D eigenvalue weighted by atomic mass is 10.8. The lowest BCUT2D eigenvalue weighted by Crippen LogP contribution is -2.27. The van der Waals surface area contributed by atoms with E-state index in [-0.39, 0.29) is 8.41 Å². The van der Waals surface area contributed by atoms with E-state index in [1.54, 1.807) is 0 Å². The quantitative estimate of drug-likeness (QED) is 0.361. The molecule has 1 N–H and O–H groups in total. The topological polar surface area (TPSA) is 37.3 Å². The summed E-state index contributed by atoms with van der Waals surface area (Å²) in [7, 11) is 8.50. The molecule has 0 aliphatic carbocycles. The lowest BCUT2D eigenvalue weighted by molar-refractivity contribution is -0.849. The maximum absolute atomic E-state index is 9.00. The van der Waals surface area contributed by atoms with Crippen LogP contribution in [0.15, 0.2) is 0 Å². The second-order valence-electron chi connectivity index (χ2n) is 3.20. The Labute approximate surface area is 64.8 Å². The zero-order valence-electron chi connectivity index (χ0n) is 6.80. The number of carboxylic acid groups (broad SMARTS) is 1. The van der Waals surface area contributed by atoms with E-state index in [2.05, 4.69) is 28.2 Å². The summed E-state index contributed by atoms with van der Waals surface area (Å²) in [6.07, 6.45) is 0. The Balaban J connectivity index is -0.0000000910. The Kier molecular flexibility index (Phi) is 10.7. The molecule has 0 saturated heterocycles. The summed E-state index contributed by atoms with van der Waals surface area (Å²) < 4.78 is 1.00. The highest BCUT2D eigenvalue weighted by Crippen LogP contribution is 1.73. The molecule has 0 radical (unpaired) electrons. The summed E-state index contributed by atoms with van der Waals surface area (Å²) in [4.78, 5) is 9.00. The summed E-state index contributed by atoms with van der Waals surface area (Å²) in [5.41, 5.74) is 0. The molecule has 0 atom stereocenters. The first-order valence-corrected chi connectivity index (χ1v) is 2.72. The van der Waals surface area contributed by atoms with Gasteiger partial charge < -0.3 is 9.59 Å². The minimum Gasteiger partial charge on any atom is -0.481 e. The van der Waals surface area contributed by atoms with Crippen LogP contribution in [0.1, 0.15) is 6.92 Å². The predicted octanol–water partition coefficient (Wildman–Crippen LogP) is -0.771. The van der Waals surface area contributed by atoms with Crippen molar-refractivity contribution < 1.29 is 14.4 Å². The Morgan fingerprint density at radius 3 is 1.20 bits per heavy atom. The van der Waals surface area contributed by atoms with E-state index in [0.717, 1.165) is 11.4 Å². The third-order valence-corrected chi connectivity index (χ3v) is 0. The number of aliphatic carboxylic acids is 1. The van der Waals surface area contributed by atoms with Gasteiger partial charge in [-0.05, 0) is 0 Å². The molecule has 0 aliphatic heterocycles. The van der Waals surface area contributed by atoms with Crippen LogP contribution in [0.3, 0.4) is 0 Å². The van der Waals surface area contributed by atoms with E-state index in [9.17, 15) is 0 Å². The van der Waals surface area contributed by atoms with Crippen LogP contribution in [0, 0.1) is 0 Å². The molecule has 0 spiro atoms. The van der Waals surface area contributed by atoms with Crippen molar-refractivity contribution in [1.82, 2.24) is 0 Å². The zero-order chi connectivity index (χ0) is 8.08. The molecule has 0 aromatic carbocycles. The first-order chi connectivity index (χ1) is 3.73. The van der Waals surface area contributed by atoms with Gasteiger partial charge >= 0.3 is 0 Å². The standard InChI is InChI=1S/C4H12N.C2H4O2.BH3/c1-5(2,3)4;1-2(3)4;/h1-4H3;1H3,(H,3,4);1H3/q+1;;. The molecule has 0 amide bonds. The van der Waals surface area contributed by atoms with E-state index >= 15 is 0 Å². The van der Waals surface area contributed by atoms with E-state index in [1.165, 1.54) is 0 Å². The number of nitrogens with zero attached hydrogens (tertiary/aromatic N) is 1. The second-order valence-corrected chi connectivity index (χ2v) is 3.20. The van der Waals surface area contributed by atoms with Gasteiger partial charge in [-0.2, -0.15) is 0 Å². The molecule has 10 heavy (non-hydrogen) atoms. The van der Waals surface area contributed by atoms with Gasteiger partial charge in [-0.1, -0.05) is 0 Å². The normalized spacial score (nSPS) is 8.50. The maximum Gasteiger partial charge on any atom is 0.300 e. The fourth-order valence-electron chi connectivity index (χ4n) is 0. The van der Waals surface area contributed by atoms with Gasteiger partial charge in [0, 0.05) is 6.92 Å². The van der Waals surface area contributed by atoms with Crippen molar-refractivity contribution in [2.45, 2.75) is 6.92 Å². The molecule has 62 valence electrons. The molecule has 3 nitrogen and oxygen atoms in total. The van der Waals surface area contributed by atoms with E-state index in [0.29, 0.717) is 0 Å². The molecule has 4 heteroatoms. The molecule has 0 aromatic heterocycles. The van der Waals surface area contributed by atoms with Gasteiger partial charge in [0.1, 0.15) is 0 Å². The van der Waals surface area contributed by atoms with Crippen molar-refractivity contribution >= 4 is 14.4 Å². The maximum atomic E-state index is 9.00. The highest BCUT2D eigenvalue weighted by atomic mass is 16.4. The van der Waals surface area contributed by atoms with Crippen molar-refractivity contribution in [2.75, 3.05) is 28.2 Å². The fourth-order valence-corrected chi connectivity index (χ4v) is 0. The van der Waals surface area contributed by atoms with E-state index in [4.69, 9.17) is 9.90 Å². The molecular formula is C6H19BNO2+. The average Bonchev–Trinajstić information content (AvgIpc) is 1.19. The smallest absolute Gasteiger partial charge is 0.300 e. The van der Waals surface area contributed by atoms with Gasteiger partial charge in [-0.25, -0.2) is 0 Å². The molecule has 0 aliphatic rings. The third kappa shape index (κ3) is 1240. The number of rotatable bonds is 0. The van der Waals surface area contributed by atoms with Gasteiger partial charge in [0.2, 0.25) is 0 Å². The minimum atomic E-state index is -0.833. The summed E-state index contributed by atoms with van der Waals surface area (Å²) in [5, 5.41) is 7.42. The van der Waals surface area contributed by atoms with Crippen molar-refractivity contribution in [3.8, 4) is 0 Å². The molecule has 0 heterocycles. The fraction of sp³-hybridized carbons (Fsp3) is 0.833. The summed E-state index contributed by atoms with van der Waals surface area (Å²) in [6.45, 7) is 1.08. The monoisotopic (exact) mass is 148 g/mol. The van der Waals surface area contributed by atoms with Crippen LogP contribution >= 0.6 is 0 Å². The molecule has 0 aromatic rings. The first-order valence-electron chi connectivity index (χ1n) is 2.72. The molecule has 0 rings (SSSR count). The highest BCUT2D eigenvalue weighted by molar-refractivity contribution is 5.75. The van der Waals surface area contributed by atoms with Crippen LogP contribution in [0.5, 0.6) is 0 Å². The number of quaternary nitrogens is 1. The largest absolute Gasteiger partial charge is 0.481 e. The Morgan fingerprint density at radius 2 is 1.20 bits per heavy atom. The van der Waals surface area contributed by atoms with Crippen molar-refractivity contribution in [1.29, 1.82) is 0 Å². The third-order valence-electron chi connectivity index (χ3n) is 0. The van der Waals surface area contributed by atoms with Crippen LogP contribution < -0.4 is 0 Å². The zero-order valence-corrected chi connectivity index (χ0v) is 6.80. The van der Waals surface area contributed by atoms with Gasteiger partial charge in [0.05, 0.1) is 36.6 Å². The number of carbonyl (C=O) groups is 1. The van der Waals surface area contributed by atoms with Crippen LogP contribution in [0.25, 0.3) is 0 Å². The van der Waals surface area contributed by atoms with Crippen LogP contribution in [0.2, 0.25) is 0 Å². The van der Waals surface area contributed by atoms with Crippen LogP contribution in [-0.2, 0) is 4.79 Å². The molecule has 0 fully saturated rings. The minimum absolute atomic E-state index is 0. The number of hydrogen-bond donors (Lipinski definition) is 1. The predicted molar refractivity (Wildman–Crippen MR) is 47.2 cm³/mol. The average molecular weight is 148 g/mol. The Morgan fingerprint density at radius 1 is 1.20 bits per heavy atom. The summed E-state index contributed by atoms with van der Waals surface area (Å²) in [6, 6.07) is 0. The Bertz CT molecular complexity index is 78.2. The SMILES string of the molecule is B.CC(=O)O.C[N+](C)(C)C. The second kappa shape index (κ2) is 6.61. The highest BCUT2D eigenvalue weighted by Gasteiger charge is 1.88. The van der Waals surface area contributed by atoms with Crippen LogP contribution in [0.4, 0.5) is 0 Å². The number of hydrogen-bond acceptors (Lipinski definition) is 1. The van der Waals surface area contributed by atoms with E-state index in [1.807, 2.05) is 0 Å². The van der Waals surface area contributed by atoms with Gasteiger partial charge in [-0.3, -0.25) is 4.79 Å².